The quantitative estimate of drug-likeness (QED) is 0.617. The molecule has 2 aromatic rings. The molecule has 0 aliphatic carbocycles. The number of methoxy groups -OCH3 is 2. The number of hydrogen-bond donors (Lipinski definition) is 0. The summed E-state index contributed by atoms with van der Waals surface area (Å²) in [5.41, 5.74) is 0.0723. The molecule has 0 aromatic heterocycles. The Morgan fingerprint density at radius 2 is 1.76 bits per heavy atom. The Morgan fingerprint density at radius 1 is 1.06 bits per heavy atom. The van der Waals surface area contributed by atoms with Crippen molar-refractivity contribution in [2.45, 2.75) is 36.8 Å². The summed E-state index contributed by atoms with van der Waals surface area (Å²) in [6, 6.07) is 9.16. The summed E-state index contributed by atoms with van der Waals surface area (Å²) >= 11 is 0. The van der Waals surface area contributed by atoms with Crippen molar-refractivity contribution in [3.8, 4) is 11.5 Å². The molecule has 2 aliphatic rings. The third-order valence-electron chi connectivity index (χ3n) is 6.54. The van der Waals surface area contributed by atoms with Crippen molar-refractivity contribution < 1.29 is 31.8 Å². The SMILES string of the molecule is COc1ccc(CC(=O)N2CCC3(CC2)OCCN3S(=O)(=O)c2ccc(F)c(C)c2)cc1OC. The summed E-state index contributed by atoms with van der Waals surface area (Å²) in [5.74, 6) is 0.646. The Morgan fingerprint density at radius 3 is 2.41 bits per heavy atom. The Hall–Kier alpha value is -2.69. The molecule has 34 heavy (non-hydrogen) atoms. The van der Waals surface area contributed by atoms with Crippen molar-refractivity contribution in [3.05, 3.63) is 53.3 Å². The fourth-order valence-electron chi connectivity index (χ4n) is 4.61. The highest BCUT2D eigenvalue weighted by Gasteiger charge is 2.51. The number of amides is 1. The van der Waals surface area contributed by atoms with Gasteiger partial charge in [-0.25, -0.2) is 12.8 Å². The number of carbonyl (C=O) groups is 1. The lowest BCUT2D eigenvalue weighted by atomic mass is 10.00. The summed E-state index contributed by atoms with van der Waals surface area (Å²) < 4.78 is 58.3. The maximum Gasteiger partial charge on any atom is 0.245 e. The number of likely N-dealkylation sites (tertiary alicyclic amines) is 1. The topological polar surface area (TPSA) is 85.4 Å². The van der Waals surface area contributed by atoms with E-state index in [4.69, 9.17) is 14.2 Å². The van der Waals surface area contributed by atoms with Gasteiger partial charge in [0.25, 0.3) is 0 Å². The number of carbonyl (C=O) groups excluding carboxylic acids is 1. The van der Waals surface area contributed by atoms with Crippen LogP contribution in [0.25, 0.3) is 0 Å². The van der Waals surface area contributed by atoms with Crippen LogP contribution in [0.1, 0.15) is 24.0 Å². The van der Waals surface area contributed by atoms with Crippen LogP contribution in [0.15, 0.2) is 41.3 Å². The minimum atomic E-state index is -3.87. The van der Waals surface area contributed by atoms with Crippen LogP contribution in [0.5, 0.6) is 11.5 Å². The molecule has 0 bridgehead atoms. The van der Waals surface area contributed by atoms with Crippen LogP contribution in [0.3, 0.4) is 0 Å². The molecule has 1 spiro atoms. The molecule has 4 rings (SSSR count). The van der Waals surface area contributed by atoms with Crippen LogP contribution in [0, 0.1) is 12.7 Å². The van der Waals surface area contributed by atoms with Gasteiger partial charge in [0.05, 0.1) is 32.1 Å². The van der Waals surface area contributed by atoms with E-state index in [1.807, 2.05) is 6.07 Å². The zero-order valence-corrected chi connectivity index (χ0v) is 20.4. The van der Waals surface area contributed by atoms with E-state index in [1.54, 1.807) is 31.3 Å². The van der Waals surface area contributed by atoms with Gasteiger partial charge in [-0.15, -0.1) is 0 Å². The Bertz CT molecular complexity index is 1180. The lowest BCUT2D eigenvalue weighted by Gasteiger charge is -2.42. The Kier molecular flexibility index (Phi) is 6.84. The van der Waals surface area contributed by atoms with Crippen molar-refractivity contribution in [1.29, 1.82) is 0 Å². The van der Waals surface area contributed by atoms with E-state index >= 15 is 0 Å². The zero-order chi connectivity index (χ0) is 24.5. The first-order chi connectivity index (χ1) is 16.2. The van der Waals surface area contributed by atoms with Gasteiger partial charge in [-0.1, -0.05) is 6.07 Å². The summed E-state index contributed by atoms with van der Waals surface area (Å²) in [5, 5.41) is 0. The molecule has 2 saturated heterocycles. The third-order valence-corrected chi connectivity index (χ3v) is 8.48. The van der Waals surface area contributed by atoms with Crippen LogP contribution in [-0.4, -0.2) is 69.7 Å². The van der Waals surface area contributed by atoms with Gasteiger partial charge >= 0.3 is 0 Å². The molecule has 2 heterocycles. The minimum absolute atomic E-state index is 0.0447. The van der Waals surface area contributed by atoms with Gasteiger partial charge in [0, 0.05) is 32.5 Å². The summed E-state index contributed by atoms with van der Waals surface area (Å²) in [7, 11) is -0.777. The van der Waals surface area contributed by atoms with Crippen LogP contribution in [0.4, 0.5) is 4.39 Å². The molecule has 0 N–H and O–H groups in total. The molecule has 2 aromatic carbocycles. The second-order valence-corrected chi connectivity index (χ2v) is 10.4. The predicted octanol–water partition coefficient (Wildman–Crippen LogP) is 2.73. The first-order valence-electron chi connectivity index (χ1n) is 11.1. The predicted molar refractivity (Wildman–Crippen MR) is 123 cm³/mol. The highest BCUT2D eigenvalue weighted by molar-refractivity contribution is 7.89. The van der Waals surface area contributed by atoms with Crippen LogP contribution in [0.2, 0.25) is 0 Å². The first kappa shape index (κ1) is 24.4. The van der Waals surface area contributed by atoms with Gasteiger partial charge in [-0.3, -0.25) is 4.79 Å². The van der Waals surface area contributed by atoms with Crippen molar-refractivity contribution in [2.75, 3.05) is 40.5 Å². The standard InChI is InChI=1S/C24H29FN2O6S/c1-17-14-19(5-6-20(17)25)34(29,30)27-12-13-33-24(27)8-10-26(11-9-24)23(28)16-18-4-7-21(31-2)22(15-18)32-3/h4-7,14-15H,8-13,16H2,1-3H3. The monoisotopic (exact) mass is 492 g/mol. The van der Waals surface area contributed by atoms with E-state index in [9.17, 15) is 17.6 Å². The van der Waals surface area contributed by atoms with Crippen LogP contribution >= 0.6 is 0 Å². The molecule has 0 unspecified atom stereocenters. The number of ether oxygens (including phenoxy) is 3. The minimum Gasteiger partial charge on any atom is -0.493 e. The van der Waals surface area contributed by atoms with Crippen molar-refractivity contribution in [1.82, 2.24) is 9.21 Å². The highest BCUT2D eigenvalue weighted by Crippen LogP contribution is 2.38. The lowest BCUT2D eigenvalue weighted by Crippen LogP contribution is -2.55. The summed E-state index contributed by atoms with van der Waals surface area (Å²) in [4.78, 5) is 14.7. The van der Waals surface area contributed by atoms with E-state index < -0.39 is 21.6 Å². The lowest BCUT2D eigenvalue weighted by molar-refractivity contribution is -0.139. The summed E-state index contributed by atoms with van der Waals surface area (Å²) in [6.45, 7) is 2.78. The van der Waals surface area contributed by atoms with E-state index in [1.165, 1.54) is 29.4 Å². The number of aryl methyl sites for hydroxylation is 1. The van der Waals surface area contributed by atoms with Crippen LogP contribution < -0.4 is 9.47 Å². The number of sulfonamides is 1. The molecule has 1 amide bonds. The first-order valence-corrected chi connectivity index (χ1v) is 12.6. The molecule has 184 valence electrons. The Balaban J connectivity index is 1.45. The molecular weight excluding hydrogens is 463 g/mol. The van der Waals surface area contributed by atoms with E-state index in [0.717, 1.165) is 5.56 Å². The fraction of sp³-hybridized carbons (Fsp3) is 0.458. The van der Waals surface area contributed by atoms with E-state index in [0.29, 0.717) is 37.4 Å². The van der Waals surface area contributed by atoms with Gasteiger partial charge in [0.1, 0.15) is 11.5 Å². The van der Waals surface area contributed by atoms with Gasteiger partial charge in [0.2, 0.25) is 15.9 Å². The van der Waals surface area contributed by atoms with Gasteiger partial charge in [-0.2, -0.15) is 4.31 Å². The third kappa shape index (κ3) is 4.49. The second kappa shape index (κ2) is 9.52. The molecule has 2 aliphatic heterocycles. The van der Waals surface area contributed by atoms with Gasteiger partial charge < -0.3 is 19.1 Å². The largest absolute Gasteiger partial charge is 0.493 e. The molecular formula is C24H29FN2O6S. The van der Waals surface area contributed by atoms with Gasteiger partial charge in [0.15, 0.2) is 11.5 Å². The molecule has 8 nitrogen and oxygen atoms in total. The number of halogens is 1. The van der Waals surface area contributed by atoms with Crippen molar-refractivity contribution in [2.24, 2.45) is 0 Å². The number of rotatable bonds is 6. The smallest absolute Gasteiger partial charge is 0.245 e. The second-order valence-electron chi connectivity index (χ2n) is 8.53. The van der Waals surface area contributed by atoms with Crippen molar-refractivity contribution >= 4 is 15.9 Å². The molecule has 0 atom stereocenters. The number of piperidine rings is 1. The summed E-state index contributed by atoms with van der Waals surface area (Å²) in [6.07, 6.45) is 0.930. The normalized spacial score (nSPS) is 18.3. The fourth-order valence-corrected chi connectivity index (χ4v) is 6.42. The van der Waals surface area contributed by atoms with Crippen molar-refractivity contribution in [3.63, 3.8) is 0 Å². The maximum absolute atomic E-state index is 13.7. The number of hydrogen-bond acceptors (Lipinski definition) is 6. The molecule has 0 saturated carbocycles. The van der Waals surface area contributed by atoms with Gasteiger partial charge in [-0.05, 0) is 48.4 Å². The van der Waals surface area contributed by atoms with E-state index in [-0.39, 0.29) is 35.9 Å². The Labute approximate surface area is 199 Å². The average Bonchev–Trinajstić information content (AvgIpc) is 3.24. The molecule has 0 radical (unpaired) electrons. The zero-order valence-electron chi connectivity index (χ0n) is 19.5. The number of benzene rings is 2. The highest BCUT2D eigenvalue weighted by atomic mass is 32.2. The molecule has 10 heteroatoms. The average molecular weight is 493 g/mol. The van der Waals surface area contributed by atoms with E-state index in [2.05, 4.69) is 0 Å². The number of nitrogens with zero attached hydrogens (tertiary/aromatic N) is 2. The van der Waals surface area contributed by atoms with Crippen LogP contribution in [-0.2, 0) is 26.0 Å². The maximum atomic E-state index is 13.7. The molecule has 2 fully saturated rings.